The number of fused-ring (bicyclic) bond motifs is 1. The molecule has 0 spiro atoms. The van der Waals surface area contributed by atoms with Crippen molar-refractivity contribution in [1.29, 1.82) is 0 Å². The lowest BCUT2D eigenvalue weighted by molar-refractivity contribution is 0.174. The summed E-state index contributed by atoms with van der Waals surface area (Å²) in [5, 5.41) is 3.55. The van der Waals surface area contributed by atoms with E-state index in [1.807, 2.05) is 6.07 Å². The van der Waals surface area contributed by atoms with Crippen LogP contribution < -0.4 is 14.8 Å². The molecule has 1 aromatic heterocycles. The van der Waals surface area contributed by atoms with Crippen LogP contribution in [0.2, 0.25) is 0 Å². The number of hydrogen-bond acceptors (Lipinski definition) is 3. The summed E-state index contributed by atoms with van der Waals surface area (Å²) in [4.78, 5) is 0. The van der Waals surface area contributed by atoms with Crippen molar-refractivity contribution >= 4 is 0 Å². The fraction of sp³-hybridized carbons (Fsp3) is 0.375. The molecule has 3 rings (SSSR count). The lowest BCUT2D eigenvalue weighted by atomic mass is 10.1. The third-order valence-corrected chi connectivity index (χ3v) is 3.75. The van der Waals surface area contributed by atoms with Crippen LogP contribution in [0.3, 0.4) is 0 Å². The minimum absolute atomic E-state index is 0.268. The van der Waals surface area contributed by atoms with Gasteiger partial charge >= 0.3 is 0 Å². The van der Waals surface area contributed by atoms with Crippen molar-refractivity contribution in [2.75, 3.05) is 6.79 Å². The average molecular weight is 272 g/mol. The smallest absolute Gasteiger partial charge is 0.231 e. The Morgan fingerprint density at radius 1 is 1.25 bits per heavy atom. The van der Waals surface area contributed by atoms with Crippen LogP contribution in [0.4, 0.5) is 0 Å². The fourth-order valence-corrected chi connectivity index (χ4v) is 2.48. The van der Waals surface area contributed by atoms with Crippen molar-refractivity contribution < 1.29 is 9.47 Å². The van der Waals surface area contributed by atoms with Gasteiger partial charge in [-0.15, -0.1) is 0 Å². The Bertz CT molecular complexity index is 592. The maximum absolute atomic E-state index is 5.42. The second kappa shape index (κ2) is 5.59. The van der Waals surface area contributed by atoms with Gasteiger partial charge in [-0.3, -0.25) is 0 Å². The molecule has 4 heteroatoms. The number of nitrogens with one attached hydrogen (secondary N) is 1. The van der Waals surface area contributed by atoms with Crippen LogP contribution in [0.1, 0.15) is 31.1 Å². The number of rotatable bonds is 5. The van der Waals surface area contributed by atoms with E-state index in [-0.39, 0.29) is 6.04 Å². The van der Waals surface area contributed by atoms with E-state index in [1.165, 1.54) is 11.3 Å². The van der Waals surface area contributed by atoms with Crippen LogP contribution in [0.25, 0.3) is 0 Å². The lowest BCUT2D eigenvalue weighted by Gasteiger charge is -2.15. The first kappa shape index (κ1) is 13.1. The van der Waals surface area contributed by atoms with E-state index in [2.05, 4.69) is 54.2 Å². The third-order valence-electron chi connectivity index (χ3n) is 3.75. The molecular weight excluding hydrogens is 252 g/mol. The molecule has 0 radical (unpaired) electrons. The highest BCUT2D eigenvalue weighted by Gasteiger charge is 2.15. The molecule has 1 unspecified atom stereocenters. The predicted molar refractivity (Wildman–Crippen MR) is 77.9 cm³/mol. The molecule has 20 heavy (non-hydrogen) atoms. The summed E-state index contributed by atoms with van der Waals surface area (Å²) in [5.41, 5.74) is 2.52. The van der Waals surface area contributed by atoms with Gasteiger partial charge in [-0.1, -0.05) is 6.07 Å². The largest absolute Gasteiger partial charge is 0.454 e. The van der Waals surface area contributed by atoms with Crippen LogP contribution in [-0.4, -0.2) is 11.4 Å². The monoisotopic (exact) mass is 272 g/mol. The van der Waals surface area contributed by atoms with Gasteiger partial charge in [0.15, 0.2) is 11.5 Å². The van der Waals surface area contributed by atoms with Gasteiger partial charge in [0.1, 0.15) is 0 Å². The molecular formula is C16H20N2O2. The number of aromatic nitrogens is 1. The van der Waals surface area contributed by atoms with Crippen LogP contribution in [-0.2, 0) is 13.1 Å². The summed E-state index contributed by atoms with van der Waals surface area (Å²) in [6, 6.07) is 10.6. The molecule has 106 valence electrons. The Kier molecular flexibility index (Phi) is 3.65. The summed E-state index contributed by atoms with van der Waals surface area (Å²) >= 11 is 0. The zero-order chi connectivity index (χ0) is 13.9. The predicted octanol–water partition coefficient (Wildman–Crippen LogP) is 3.09. The summed E-state index contributed by atoms with van der Waals surface area (Å²) in [6.07, 6.45) is 2.11. The summed E-state index contributed by atoms with van der Waals surface area (Å²) in [6.45, 7) is 6.50. The SMILES string of the molecule is CCn1cccc1CNC(C)c1ccc2c(c1)OCO2. The van der Waals surface area contributed by atoms with Gasteiger partial charge in [0.25, 0.3) is 0 Å². The van der Waals surface area contributed by atoms with E-state index < -0.39 is 0 Å². The molecule has 1 aliphatic rings. The van der Waals surface area contributed by atoms with Gasteiger partial charge in [0.2, 0.25) is 6.79 Å². The van der Waals surface area contributed by atoms with Crippen molar-refractivity contribution in [3.63, 3.8) is 0 Å². The molecule has 0 bridgehead atoms. The Morgan fingerprint density at radius 3 is 2.95 bits per heavy atom. The number of hydrogen-bond donors (Lipinski definition) is 1. The molecule has 4 nitrogen and oxygen atoms in total. The Hall–Kier alpha value is -1.94. The second-order valence-electron chi connectivity index (χ2n) is 5.00. The molecule has 0 aliphatic carbocycles. The second-order valence-corrected chi connectivity index (χ2v) is 5.00. The van der Waals surface area contributed by atoms with Gasteiger partial charge in [-0.25, -0.2) is 0 Å². The first-order valence-electron chi connectivity index (χ1n) is 7.05. The molecule has 0 fully saturated rings. The first-order chi connectivity index (χ1) is 9.78. The van der Waals surface area contributed by atoms with Crippen molar-refractivity contribution in [3.05, 3.63) is 47.8 Å². The quantitative estimate of drug-likeness (QED) is 0.908. The van der Waals surface area contributed by atoms with Crippen LogP contribution in [0.15, 0.2) is 36.5 Å². The summed E-state index contributed by atoms with van der Waals surface area (Å²) in [5.74, 6) is 1.67. The molecule has 0 saturated heterocycles. The Labute approximate surface area is 119 Å². The maximum Gasteiger partial charge on any atom is 0.231 e. The standard InChI is InChI=1S/C16H20N2O2/c1-3-18-8-4-5-14(18)10-17-12(2)13-6-7-15-16(9-13)20-11-19-15/h4-9,12,17H,3,10-11H2,1-2H3. The Morgan fingerprint density at radius 2 is 2.10 bits per heavy atom. The minimum Gasteiger partial charge on any atom is -0.454 e. The Balaban J connectivity index is 1.66. The van der Waals surface area contributed by atoms with E-state index >= 15 is 0 Å². The van der Waals surface area contributed by atoms with Crippen molar-refractivity contribution in [1.82, 2.24) is 9.88 Å². The number of nitrogens with zero attached hydrogens (tertiary/aromatic N) is 1. The molecule has 1 N–H and O–H groups in total. The number of aryl methyl sites for hydroxylation is 1. The molecule has 2 aromatic rings. The van der Waals surface area contributed by atoms with Gasteiger partial charge in [-0.2, -0.15) is 0 Å². The van der Waals surface area contributed by atoms with Gasteiger partial charge in [0, 0.05) is 31.0 Å². The number of ether oxygens (including phenoxy) is 2. The highest BCUT2D eigenvalue weighted by molar-refractivity contribution is 5.45. The van der Waals surface area contributed by atoms with Crippen molar-refractivity contribution in [3.8, 4) is 11.5 Å². The highest BCUT2D eigenvalue weighted by Crippen LogP contribution is 2.34. The fourth-order valence-electron chi connectivity index (χ4n) is 2.48. The van der Waals surface area contributed by atoms with E-state index in [0.717, 1.165) is 24.6 Å². The zero-order valence-corrected chi connectivity index (χ0v) is 11.9. The van der Waals surface area contributed by atoms with Crippen molar-refractivity contribution in [2.45, 2.75) is 33.0 Å². The zero-order valence-electron chi connectivity index (χ0n) is 11.9. The van der Waals surface area contributed by atoms with E-state index in [4.69, 9.17) is 9.47 Å². The van der Waals surface area contributed by atoms with Gasteiger partial charge in [-0.05, 0) is 43.7 Å². The summed E-state index contributed by atoms with van der Waals surface area (Å²) < 4.78 is 13.0. The average Bonchev–Trinajstić information content (AvgIpc) is 3.12. The minimum atomic E-state index is 0.268. The lowest BCUT2D eigenvalue weighted by Crippen LogP contribution is -2.19. The van der Waals surface area contributed by atoms with Crippen LogP contribution >= 0.6 is 0 Å². The molecule has 0 amide bonds. The van der Waals surface area contributed by atoms with Gasteiger partial charge < -0.3 is 19.4 Å². The molecule has 1 atom stereocenters. The van der Waals surface area contributed by atoms with Crippen LogP contribution in [0.5, 0.6) is 11.5 Å². The summed E-state index contributed by atoms with van der Waals surface area (Å²) in [7, 11) is 0. The first-order valence-corrected chi connectivity index (χ1v) is 7.05. The topological polar surface area (TPSA) is 35.4 Å². The third kappa shape index (κ3) is 2.51. The molecule has 1 aliphatic heterocycles. The van der Waals surface area contributed by atoms with Crippen LogP contribution in [0, 0.1) is 0 Å². The molecule has 2 heterocycles. The maximum atomic E-state index is 5.42. The van der Waals surface area contributed by atoms with E-state index in [0.29, 0.717) is 6.79 Å². The molecule has 0 saturated carbocycles. The van der Waals surface area contributed by atoms with E-state index in [1.54, 1.807) is 0 Å². The highest BCUT2D eigenvalue weighted by atomic mass is 16.7. The molecule has 1 aromatic carbocycles. The van der Waals surface area contributed by atoms with Gasteiger partial charge in [0.05, 0.1) is 0 Å². The number of benzene rings is 1. The van der Waals surface area contributed by atoms with Crippen molar-refractivity contribution in [2.24, 2.45) is 0 Å². The normalized spacial score (nSPS) is 14.5. The van der Waals surface area contributed by atoms with E-state index in [9.17, 15) is 0 Å².